The number of carbonyl (C=O) groups is 3. The molecule has 0 spiro atoms. The molecule has 228 valence electrons. The van der Waals surface area contributed by atoms with Crippen molar-refractivity contribution >= 4 is 17.9 Å². The number of carbonyl (C=O) groups excluding carboxylic acids is 2. The van der Waals surface area contributed by atoms with Gasteiger partial charge in [-0.2, -0.15) is 0 Å². The fraction of sp³-hybridized carbons (Fsp3) is 0.794. The third-order valence-electron chi connectivity index (χ3n) is 13.7. The minimum absolute atomic E-state index is 0.0936. The lowest BCUT2D eigenvalue weighted by Crippen LogP contribution is -2.67. The van der Waals surface area contributed by atoms with Gasteiger partial charge in [-0.05, 0) is 98.4 Å². The molecule has 2 N–H and O–H groups in total. The Bertz CT molecular complexity index is 1200. The van der Waals surface area contributed by atoms with Gasteiger partial charge in [0.1, 0.15) is 12.7 Å². The molecule has 0 aromatic heterocycles. The molecule has 0 radical (unpaired) electrons. The van der Waals surface area contributed by atoms with Gasteiger partial charge in [0.15, 0.2) is 0 Å². The predicted octanol–water partition coefficient (Wildman–Crippen LogP) is 6.24. The summed E-state index contributed by atoms with van der Waals surface area (Å²) in [4.78, 5) is 37.0. The Morgan fingerprint density at radius 2 is 1.63 bits per heavy atom. The number of aliphatic carboxylic acids is 1. The molecule has 10 atom stereocenters. The zero-order chi connectivity index (χ0) is 30.4. The predicted molar refractivity (Wildman–Crippen MR) is 155 cm³/mol. The van der Waals surface area contributed by atoms with Crippen LogP contribution in [0.25, 0.3) is 0 Å². The first-order chi connectivity index (χ1) is 18.9. The zero-order valence-electron chi connectivity index (χ0n) is 26.1. The Hall–Kier alpha value is -2.15. The van der Waals surface area contributed by atoms with Crippen molar-refractivity contribution in [3.05, 3.63) is 23.8 Å². The summed E-state index contributed by atoms with van der Waals surface area (Å²) in [6, 6.07) is 0. The van der Waals surface area contributed by atoms with Gasteiger partial charge in [0, 0.05) is 25.2 Å². The highest BCUT2D eigenvalue weighted by Gasteiger charge is 2.71. The van der Waals surface area contributed by atoms with Crippen LogP contribution in [0.5, 0.6) is 0 Å². The van der Waals surface area contributed by atoms with E-state index in [0.717, 1.165) is 43.3 Å². The maximum Gasteiger partial charge on any atom is 0.310 e. The Morgan fingerprint density at radius 3 is 2.24 bits per heavy atom. The van der Waals surface area contributed by atoms with E-state index < -0.39 is 28.3 Å². The number of allylic oxidation sites excluding steroid dienone is 1. The maximum atomic E-state index is 12.9. The molecule has 5 rings (SSSR count). The van der Waals surface area contributed by atoms with Crippen LogP contribution >= 0.6 is 0 Å². The normalized spacial score (nSPS) is 48.9. The highest BCUT2D eigenvalue weighted by atomic mass is 16.6. The summed E-state index contributed by atoms with van der Waals surface area (Å²) in [6.45, 7) is 18.3. The van der Waals surface area contributed by atoms with Crippen molar-refractivity contribution in [3.63, 3.8) is 0 Å². The standard InChI is InChI=1S/C34H50O7/c1-20-11-16-34(28(37)38)18-17-31(6)23(27(34)33(20,8)39)9-10-25-29(4)14-13-26(41-22(3)36)30(5,19-40-21(2)35)24(29)12-15-32(25,31)7/h9,24-27,39H,1,10-19H2,2-8H3,(H,37,38)/t24-,25-,26-,27-,29+,30-,31-,32-,33-,34+/m1/s1. The summed E-state index contributed by atoms with van der Waals surface area (Å²) in [5, 5.41) is 22.5. The molecule has 0 amide bonds. The van der Waals surface area contributed by atoms with Crippen LogP contribution in [0.1, 0.15) is 106 Å². The first-order valence-electron chi connectivity index (χ1n) is 15.6. The van der Waals surface area contributed by atoms with Crippen molar-refractivity contribution in [1.82, 2.24) is 0 Å². The molecular formula is C34H50O7. The van der Waals surface area contributed by atoms with Crippen LogP contribution in [-0.4, -0.2) is 46.4 Å². The van der Waals surface area contributed by atoms with E-state index in [9.17, 15) is 24.6 Å². The van der Waals surface area contributed by atoms with E-state index in [1.807, 2.05) is 0 Å². The second-order valence-electron chi connectivity index (χ2n) is 15.4. The number of hydrogen-bond acceptors (Lipinski definition) is 6. The molecule has 0 aromatic carbocycles. The molecular weight excluding hydrogens is 520 g/mol. The van der Waals surface area contributed by atoms with E-state index in [0.29, 0.717) is 31.6 Å². The molecule has 0 unspecified atom stereocenters. The van der Waals surface area contributed by atoms with E-state index in [1.54, 1.807) is 6.92 Å². The Morgan fingerprint density at radius 1 is 0.951 bits per heavy atom. The van der Waals surface area contributed by atoms with Gasteiger partial charge in [0.2, 0.25) is 0 Å². The number of carboxylic acid groups (broad SMARTS) is 1. The van der Waals surface area contributed by atoms with Crippen molar-refractivity contribution in [2.45, 2.75) is 118 Å². The lowest BCUT2D eigenvalue weighted by atomic mass is 9.33. The molecule has 0 bridgehead atoms. The quantitative estimate of drug-likeness (QED) is 0.304. The smallest absolute Gasteiger partial charge is 0.310 e. The highest BCUT2D eigenvalue weighted by Crippen LogP contribution is 2.76. The molecule has 4 fully saturated rings. The second kappa shape index (κ2) is 9.42. The molecule has 7 heteroatoms. The molecule has 7 nitrogen and oxygen atoms in total. The lowest BCUT2D eigenvalue weighted by Gasteiger charge is -2.71. The summed E-state index contributed by atoms with van der Waals surface area (Å²) in [5.74, 6) is -1.44. The largest absolute Gasteiger partial charge is 0.481 e. The van der Waals surface area contributed by atoms with Crippen molar-refractivity contribution < 1.29 is 34.1 Å². The minimum Gasteiger partial charge on any atom is -0.481 e. The third-order valence-corrected chi connectivity index (χ3v) is 13.7. The SMILES string of the molecule is C=C1CC[C@]2(C(=O)O)CC[C@]3(C)C(=CC[C@@H]4[C@@]5(C)CC[C@@H](OC(C)=O)[C@](C)(COC(C)=O)[C@@H]5CC[C@]43C)[C@@H]2[C@]1(C)O. The van der Waals surface area contributed by atoms with E-state index in [2.05, 4.69) is 40.3 Å². The molecule has 4 saturated carbocycles. The van der Waals surface area contributed by atoms with Gasteiger partial charge in [0.05, 0.1) is 11.0 Å². The van der Waals surface area contributed by atoms with Crippen LogP contribution in [-0.2, 0) is 23.9 Å². The summed E-state index contributed by atoms with van der Waals surface area (Å²) >= 11 is 0. The fourth-order valence-corrected chi connectivity index (χ4v) is 11.2. The number of esters is 2. The van der Waals surface area contributed by atoms with Crippen LogP contribution in [0, 0.1) is 44.8 Å². The van der Waals surface area contributed by atoms with E-state index in [4.69, 9.17) is 9.47 Å². The van der Waals surface area contributed by atoms with Gasteiger partial charge in [-0.15, -0.1) is 0 Å². The van der Waals surface area contributed by atoms with Gasteiger partial charge in [0.25, 0.3) is 0 Å². The number of ether oxygens (including phenoxy) is 2. The number of fused-ring (bicyclic) bond motifs is 7. The number of rotatable bonds is 4. The topological polar surface area (TPSA) is 110 Å². The molecule has 5 aliphatic rings. The highest BCUT2D eigenvalue weighted by molar-refractivity contribution is 5.77. The Labute approximate surface area is 245 Å². The van der Waals surface area contributed by atoms with E-state index >= 15 is 0 Å². The summed E-state index contributed by atoms with van der Waals surface area (Å²) in [7, 11) is 0. The van der Waals surface area contributed by atoms with Crippen LogP contribution in [0.15, 0.2) is 23.8 Å². The monoisotopic (exact) mass is 570 g/mol. The van der Waals surface area contributed by atoms with Crippen LogP contribution < -0.4 is 0 Å². The molecule has 0 aromatic rings. The number of carboxylic acids is 1. The fourth-order valence-electron chi connectivity index (χ4n) is 11.2. The van der Waals surface area contributed by atoms with Crippen LogP contribution in [0.3, 0.4) is 0 Å². The average molecular weight is 571 g/mol. The molecule has 0 heterocycles. The molecule has 0 saturated heterocycles. The second-order valence-corrected chi connectivity index (χ2v) is 15.4. The van der Waals surface area contributed by atoms with E-state index in [-0.39, 0.29) is 46.8 Å². The zero-order valence-corrected chi connectivity index (χ0v) is 26.1. The van der Waals surface area contributed by atoms with Crippen molar-refractivity contribution in [3.8, 4) is 0 Å². The van der Waals surface area contributed by atoms with Gasteiger partial charge < -0.3 is 19.7 Å². The Kier molecular flexibility index (Phi) is 6.97. The van der Waals surface area contributed by atoms with Crippen molar-refractivity contribution in [2.24, 2.45) is 44.8 Å². The third kappa shape index (κ3) is 3.96. The van der Waals surface area contributed by atoms with Crippen LogP contribution in [0.2, 0.25) is 0 Å². The first-order valence-corrected chi connectivity index (χ1v) is 15.6. The minimum atomic E-state index is -1.28. The summed E-state index contributed by atoms with van der Waals surface area (Å²) in [5.41, 5.74) is -1.39. The van der Waals surface area contributed by atoms with Crippen molar-refractivity contribution in [2.75, 3.05) is 6.61 Å². The number of aliphatic hydroxyl groups is 1. The van der Waals surface area contributed by atoms with Gasteiger partial charge in [-0.1, -0.05) is 45.9 Å². The first kappa shape index (κ1) is 30.3. The van der Waals surface area contributed by atoms with Gasteiger partial charge >= 0.3 is 17.9 Å². The lowest BCUT2D eigenvalue weighted by molar-refractivity contribution is -0.228. The average Bonchev–Trinajstić information content (AvgIpc) is 2.87. The maximum absolute atomic E-state index is 12.9. The molecule has 41 heavy (non-hydrogen) atoms. The van der Waals surface area contributed by atoms with Crippen LogP contribution in [0.4, 0.5) is 0 Å². The summed E-state index contributed by atoms with van der Waals surface area (Å²) < 4.78 is 11.5. The molecule has 0 aliphatic heterocycles. The Balaban J connectivity index is 1.59. The summed E-state index contributed by atoms with van der Waals surface area (Å²) in [6.07, 6.45) is 8.62. The molecule has 5 aliphatic carbocycles. The van der Waals surface area contributed by atoms with Gasteiger partial charge in [-0.25, -0.2) is 0 Å². The van der Waals surface area contributed by atoms with E-state index in [1.165, 1.54) is 13.8 Å². The van der Waals surface area contributed by atoms with Crippen molar-refractivity contribution in [1.29, 1.82) is 0 Å². The van der Waals surface area contributed by atoms with Gasteiger partial charge in [-0.3, -0.25) is 14.4 Å². The number of hydrogen-bond donors (Lipinski definition) is 2.